The molecule has 2 heterocycles. The smallest absolute Gasteiger partial charge is 0.365 e. The Labute approximate surface area is 157 Å². The lowest BCUT2D eigenvalue weighted by molar-refractivity contribution is -0.140. The van der Waals surface area contributed by atoms with Crippen LogP contribution < -0.4 is 0 Å². The van der Waals surface area contributed by atoms with E-state index in [0.29, 0.717) is 12.1 Å². The molecule has 2 aliphatic heterocycles. The Kier molecular flexibility index (Phi) is 4.99. The fourth-order valence-electron chi connectivity index (χ4n) is 4.61. The highest BCUT2D eigenvalue weighted by atomic mass is 19.4. The number of ether oxygens (including phenoxy) is 1. The average molecular weight is 375 g/mol. The molecule has 2 fully saturated rings. The summed E-state index contributed by atoms with van der Waals surface area (Å²) in [6, 6.07) is 16.0. The first-order valence-electron chi connectivity index (χ1n) is 9.52. The van der Waals surface area contributed by atoms with E-state index in [2.05, 4.69) is 11.9 Å². The van der Waals surface area contributed by atoms with Crippen molar-refractivity contribution < 1.29 is 17.9 Å². The predicted octanol–water partition coefficient (Wildman–Crippen LogP) is 5.44. The first-order valence-corrected chi connectivity index (χ1v) is 9.52. The van der Waals surface area contributed by atoms with Crippen molar-refractivity contribution in [2.45, 2.75) is 56.2 Å². The Morgan fingerprint density at radius 2 is 1.52 bits per heavy atom. The van der Waals surface area contributed by atoms with Gasteiger partial charge in [0.2, 0.25) is 0 Å². The predicted molar refractivity (Wildman–Crippen MR) is 98.4 cm³/mol. The third-order valence-electron chi connectivity index (χ3n) is 6.03. The molecule has 0 spiro atoms. The quantitative estimate of drug-likeness (QED) is 0.706. The fraction of sp³-hybridized carbons (Fsp3) is 0.455. The molecule has 27 heavy (non-hydrogen) atoms. The molecule has 2 bridgehead atoms. The lowest BCUT2D eigenvalue weighted by atomic mass is 9.94. The van der Waals surface area contributed by atoms with Gasteiger partial charge in [-0.25, -0.2) is 0 Å². The van der Waals surface area contributed by atoms with Crippen LogP contribution in [0.1, 0.15) is 48.5 Å². The molecule has 2 aromatic rings. The van der Waals surface area contributed by atoms with Crippen LogP contribution in [0.5, 0.6) is 0 Å². The average Bonchev–Trinajstić information content (AvgIpc) is 2.87. The van der Waals surface area contributed by atoms with Gasteiger partial charge in [0.1, 0.15) is 6.10 Å². The van der Waals surface area contributed by atoms with Gasteiger partial charge < -0.3 is 9.64 Å². The van der Waals surface area contributed by atoms with Crippen molar-refractivity contribution in [1.29, 1.82) is 0 Å². The van der Waals surface area contributed by atoms with Crippen LogP contribution >= 0.6 is 0 Å². The van der Waals surface area contributed by atoms with Crippen molar-refractivity contribution in [3.05, 3.63) is 71.3 Å². The number of hydrogen-bond acceptors (Lipinski definition) is 2. The van der Waals surface area contributed by atoms with E-state index in [1.165, 1.54) is 6.07 Å². The maximum Gasteiger partial charge on any atom is 0.416 e. The zero-order valence-corrected chi connectivity index (χ0v) is 15.3. The number of hydrogen-bond donors (Lipinski definition) is 0. The number of piperidine rings is 1. The molecule has 2 nitrogen and oxygen atoms in total. The van der Waals surface area contributed by atoms with E-state index in [9.17, 15) is 13.2 Å². The molecule has 3 unspecified atom stereocenters. The highest BCUT2D eigenvalue weighted by Crippen LogP contribution is 2.42. The normalized spacial score (nSPS) is 26.9. The molecule has 3 atom stereocenters. The largest absolute Gasteiger partial charge is 0.416 e. The van der Waals surface area contributed by atoms with Crippen LogP contribution in [0.2, 0.25) is 0 Å². The minimum Gasteiger partial charge on any atom is -0.365 e. The summed E-state index contributed by atoms with van der Waals surface area (Å²) >= 11 is 0. The maximum atomic E-state index is 13.6. The van der Waals surface area contributed by atoms with Crippen LogP contribution in [0, 0.1) is 0 Å². The van der Waals surface area contributed by atoms with E-state index in [1.807, 2.05) is 30.3 Å². The molecule has 5 heteroatoms. The summed E-state index contributed by atoms with van der Waals surface area (Å²) in [7, 11) is 2.15. The molecular formula is C22H24F3NO. The summed E-state index contributed by atoms with van der Waals surface area (Å²) in [4.78, 5) is 2.40. The molecule has 0 amide bonds. The van der Waals surface area contributed by atoms with Crippen molar-refractivity contribution in [2.75, 3.05) is 7.05 Å². The van der Waals surface area contributed by atoms with Gasteiger partial charge >= 0.3 is 6.18 Å². The van der Waals surface area contributed by atoms with Gasteiger partial charge in [0.05, 0.1) is 11.7 Å². The van der Waals surface area contributed by atoms with Gasteiger partial charge in [-0.2, -0.15) is 13.2 Å². The first kappa shape index (κ1) is 18.5. The Morgan fingerprint density at radius 3 is 2.15 bits per heavy atom. The van der Waals surface area contributed by atoms with E-state index in [4.69, 9.17) is 4.74 Å². The Hall–Kier alpha value is -1.85. The summed E-state index contributed by atoms with van der Waals surface area (Å²) in [5, 5.41) is 0. The van der Waals surface area contributed by atoms with E-state index < -0.39 is 17.8 Å². The van der Waals surface area contributed by atoms with Crippen molar-refractivity contribution in [2.24, 2.45) is 0 Å². The van der Waals surface area contributed by atoms with Crippen molar-refractivity contribution in [3.8, 4) is 0 Å². The standard InChI is InChI=1S/C22H24F3NO/c1-26-16-11-12-17(26)14-18(13-16)27-21(15-7-3-2-4-8-15)19-9-5-6-10-20(19)22(23,24)25/h2-10,16-18,21H,11-14H2,1H3. The van der Waals surface area contributed by atoms with Gasteiger partial charge in [-0.05, 0) is 49.9 Å². The van der Waals surface area contributed by atoms with Crippen LogP contribution in [-0.2, 0) is 10.9 Å². The van der Waals surface area contributed by atoms with Crippen LogP contribution in [0.25, 0.3) is 0 Å². The van der Waals surface area contributed by atoms with Gasteiger partial charge in [0, 0.05) is 12.1 Å². The second-order valence-electron chi connectivity index (χ2n) is 7.66. The summed E-state index contributed by atoms with van der Waals surface area (Å²) in [5.74, 6) is 0. The molecule has 4 rings (SSSR count). The molecule has 0 radical (unpaired) electrons. The Balaban J connectivity index is 1.68. The van der Waals surface area contributed by atoms with Gasteiger partial charge in [-0.1, -0.05) is 48.5 Å². The van der Waals surface area contributed by atoms with Gasteiger partial charge in [0.15, 0.2) is 0 Å². The molecule has 0 N–H and O–H groups in total. The molecule has 2 aromatic carbocycles. The van der Waals surface area contributed by atoms with E-state index >= 15 is 0 Å². The summed E-state index contributed by atoms with van der Waals surface area (Å²) in [6.45, 7) is 0. The molecule has 0 aliphatic carbocycles. The minimum atomic E-state index is -4.40. The number of fused-ring (bicyclic) bond motifs is 2. The lowest BCUT2D eigenvalue weighted by Crippen LogP contribution is -2.43. The second kappa shape index (κ2) is 7.28. The van der Waals surface area contributed by atoms with E-state index in [-0.39, 0.29) is 11.7 Å². The third kappa shape index (κ3) is 3.76. The fourth-order valence-corrected chi connectivity index (χ4v) is 4.61. The number of rotatable bonds is 4. The number of benzene rings is 2. The highest BCUT2D eigenvalue weighted by molar-refractivity contribution is 5.37. The summed E-state index contributed by atoms with van der Waals surface area (Å²) < 4.78 is 47.3. The number of alkyl halides is 3. The monoisotopic (exact) mass is 375 g/mol. The minimum absolute atomic E-state index is 0.0230. The van der Waals surface area contributed by atoms with Crippen molar-refractivity contribution in [1.82, 2.24) is 4.90 Å². The Bertz CT molecular complexity index is 763. The van der Waals surface area contributed by atoms with Gasteiger partial charge in [-0.3, -0.25) is 0 Å². The third-order valence-corrected chi connectivity index (χ3v) is 6.03. The summed E-state index contributed by atoms with van der Waals surface area (Å²) in [5.41, 5.74) is 0.345. The molecule has 2 saturated heterocycles. The van der Waals surface area contributed by atoms with Crippen LogP contribution in [-0.4, -0.2) is 30.1 Å². The van der Waals surface area contributed by atoms with E-state index in [1.54, 1.807) is 12.1 Å². The zero-order chi connectivity index (χ0) is 19.0. The number of halogens is 3. The lowest BCUT2D eigenvalue weighted by Gasteiger charge is -2.38. The van der Waals surface area contributed by atoms with Crippen molar-refractivity contribution in [3.63, 3.8) is 0 Å². The maximum absolute atomic E-state index is 13.6. The second-order valence-corrected chi connectivity index (χ2v) is 7.66. The molecular weight excluding hydrogens is 351 g/mol. The molecule has 2 aliphatic rings. The number of nitrogens with zero attached hydrogens (tertiary/aromatic N) is 1. The first-order chi connectivity index (χ1) is 12.9. The van der Waals surface area contributed by atoms with Crippen LogP contribution in [0.4, 0.5) is 13.2 Å². The summed E-state index contributed by atoms with van der Waals surface area (Å²) in [6.07, 6.45) is -1.08. The van der Waals surface area contributed by atoms with Crippen LogP contribution in [0.15, 0.2) is 54.6 Å². The Morgan fingerprint density at radius 1 is 0.926 bits per heavy atom. The zero-order valence-electron chi connectivity index (χ0n) is 15.3. The SMILES string of the molecule is CN1C2CCC1CC(OC(c1ccccc1)c1ccccc1C(F)(F)F)C2. The topological polar surface area (TPSA) is 12.5 Å². The molecule has 0 saturated carbocycles. The van der Waals surface area contributed by atoms with Gasteiger partial charge in [-0.15, -0.1) is 0 Å². The highest BCUT2D eigenvalue weighted by Gasteiger charge is 2.41. The molecule has 0 aromatic heterocycles. The van der Waals surface area contributed by atoms with Crippen molar-refractivity contribution >= 4 is 0 Å². The van der Waals surface area contributed by atoms with Gasteiger partial charge in [0.25, 0.3) is 0 Å². The van der Waals surface area contributed by atoms with Crippen LogP contribution in [0.3, 0.4) is 0 Å². The molecule has 144 valence electrons. The van der Waals surface area contributed by atoms with E-state index in [0.717, 1.165) is 37.3 Å².